The van der Waals surface area contributed by atoms with E-state index in [1.807, 2.05) is 12.2 Å². The molecule has 76 valence electrons. The van der Waals surface area contributed by atoms with Crippen molar-refractivity contribution in [2.75, 3.05) is 13.7 Å². The monoisotopic (exact) mass is 193 g/mol. The molecule has 0 amide bonds. The van der Waals surface area contributed by atoms with Crippen molar-refractivity contribution >= 4 is 6.08 Å². The van der Waals surface area contributed by atoms with Gasteiger partial charge in [-0.1, -0.05) is 12.2 Å². The van der Waals surface area contributed by atoms with Gasteiger partial charge in [-0.05, 0) is 31.2 Å². The van der Waals surface area contributed by atoms with E-state index < -0.39 is 0 Å². The third-order valence-electron chi connectivity index (χ3n) is 1.87. The molecule has 0 unspecified atom stereocenters. The molecule has 0 aliphatic heterocycles. The van der Waals surface area contributed by atoms with Crippen LogP contribution in [-0.4, -0.2) is 18.8 Å². The first-order valence-electron chi connectivity index (χ1n) is 4.51. The number of rotatable bonds is 4. The largest absolute Gasteiger partial charge is 0.507 e. The van der Waals surface area contributed by atoms with Gasteiger partial charge in [0.05, 0.1) is 7.11 Å². The van der Waals surface area contributed by atoms with Crippen LogP contribution in [0.4, 0.5) is 0 Å². The van der Waals surface area contributed by atoms with Gasteiger partial charge in [-0.2, -0.15) is 0 Å². The second-order valence-corrected chi connectivity index (χ2v) is 2.90. The van der Waals surface area contributed by atoms with E-state index in [4.69, 9.17) is 10.5 Å². The van der Waals surface area contributed by atoms with E-state index >= 15 is 0 Å². The lowest BCUT2D eigenvalue weighted by Gasteiger charge is -2.02. The van der Waals surface area contributed by atoms with Crippen LogP contribution in [0.3, 0.4) is 0 Å². The van der Waals surface area contributed by atoms with Crippen LogP contribution >= 0.6 is 0 Å². The molecule has 0 heterocycles. The molecule has 0 aliphatic rings. The summed E-state index contributed by atoms with van der Waals surface area (Å²) in [6, 6.07) is 5.11. The summed E-state index contributed by atoms with van der Waals surface area (Å²) < 4.78 is 5.05. The zero-order chi connectivity index (χ0) is 10.4. The van der Waals surface area contributed by atoms with Crippen molar-refractivity contribution in [2.24, 2.45) is 5.73 Å². The van der Waals surface area contributed by atoms with Crippen molar-refractivity contribution in [3.05, 3.63) is 29.8 Å². The molecule has 1 aromatic rings. The molecule has 1 aromatic carbocycles. The van der Waals surface area contributed by atoms with Gasteiger partial charge in [0, 0.05) is 5.56 Å². The minimum Gasteiger partial charge on any atom is -0.507 e. The third kappa shape index (κ3) is 2.78. The third-order valence-corrected chi connectivity index (χ3v) is 1.87. The van der Waals surface area contributed by atoms with Gasteiger partial charge >= 0.3 is 0 Å². The van der Waals surface area contributed by atoms with Crippen molar-refractivity contribution in [2.45, 2.75) is 6.42 Å². The number of benzene rings is 1. The van der Waals surface area contributed by atoms with Gasteiger partial charge in [-0.25, -0.2) is 0 Å². The van der Waals surface area contributed by atoms with E-state index in [1.54, 1.807) is 25.3 Å². The van der Waals surface area contributed by atoms with Crippen LogP contribution in [0, 0.1) is 0 Å². The summed E-state index contributed by atoms with van der Waals surface area (Å²) in [4.78, 5) is 0. The molecule has 0 atom stereocenters. The lowest BCUT2D eigenvalue weighted by molar-refractivity contribution is 0.412. The summed E-state index contributed by atoms with van der Waals surface area (Å²) in [5.74, 6) is 0.981. The average Bonchev–Trinajstić information content (AvgIpc) is 2.21. The van der Waals surface area contributed by atoms with E-state index in [0.29, 0.717) is 6.54 Å². The van der Waals surface area contributed by atoms with Crippen LogP contribution in [0.5, 0.6) is 11.5 Å². The summed E-state index contributed by atoms with van der Waals surface area (Å²) in [5.41, 5.74) is 6.10. The van der Waals surface area contributed by atoms with Gasteiger partial charge in [0.15, 0.2) is 0 Å². The number of nitrogens with two attached hydrogens (primary N) is 1. The Morgan fingerprint density at radius 3 is 2.93 bits per heavy atom. The van der Waals surface area contributed by atoms with Crippen molar-refractivity contribution < 1.29 is 9.84 Å². The molecule has 14 heavy (non-hydrogen) atoms. The molecule has 0 bridgehead atoms. The molecule has 3 heteroatoms. The Morgan fingerprint density at radius 2 is 2.29 bits per heavy atom. The average molecular weight is 193 g/mol. The van der Waals surface area contributed by atoms with Crippen molar-refractivity contribution in [3.8, 4) is 11.5 Å². The predicted octanol–water partition coefficient (Wildman–Crippen LogP) is 1.76. The molecule has 0 saturated heterocycles. The molecular formula is C11H15NO2. The van der Waals surface area contributed by atoms with Gasteiger partial charge in [0.25, 0.3) is 0 Å². The minimum absolute atomic E-state index is 0.249. The lowest BCUT2D eigenvalue weighted by atomic mass is 10.1. The van der Waals surface area contributed by atoms with Crippen LogP contribution in [0.25, 0.3) is 6.08 Å². The second-order valence-electron chi connectivity index (χ2n) is 2.90. The highest BCUT2D eigenvalue weighted by Crippen LogP contribution is 2.23. The smallest absolute Gasteiger partial charge is 0.123 e. The zero-order valence-corrected chi connectivity index (χ0v) is 8.23. The van der Waals surface area contributed by atoms with Crippen LogP contribution < -0.4 is 10.5 Å². The fourth-order valence-corrected chi connectivity index (χ4v) is 1.10. The van der Waals surface area contributed by atoms with E-state index in [-0.39, 0.29) is 5.75 Å². The summed E-state index contributed by atoms with van der Waals surface area (Å²) in [6.45, 7) is 0.612. The highest BCUT2D eigenvalue weighted by Gasteiger charge is 1.98. The summed E-state index contributed by atoms with van der Waals surface area (Å²) in [7, 11) is 1.60. The quantitative estimate of drug-likeness (QED) is 0.766. The standard InChI is InChI=1S/C11H15NO2/c1-14-10-5-6-11(13)9(8-10)4-2-3-7-12/h2,4-6,8,13H,3,7,12H2,1H3. The first kappa shape index (κ1) is 10.6. The molecule has 3 N–H and O–H groups in total. The first-order valence-corrected chi connectivity index (χ1v) is 4.51. The predicted molar refractivity (Wildman–Crippen MR) is 57.4 cm³/mol. The van der Waals surface area contributed by atoms with Gasteiger partial charge in [-0.15, -0.1) is 0 Å². The van der Waals surface area contributed by atoms with Crippen LogP contribution in [0.15, 0.2) is 24.3 Å². The Morgan fingerprint density at radius 1 is 1.50 bits per heavy atom. The summed E-state index contributed by atoms with van der Waals surface area (Å²) in [5, 5.41) is 9.49. The summed E-state index contributed by atoms with van der Waals surface area (Å²) >= 11 is 0. The number of hydrogen-bond acceptors (Lipinski definition) is 3. The van der Waals surface area contributed by atoms with E-state index in [0.717, 1.165) is 17.7 Å². The van der Waals surface area contributed by atoms with E-state index in [2.05, 4.69) is 0 Å². The SMILES string of the molecule is COc1ccc(O)c(C=CCCN)c1. The zero-order valence-electron chi connectivity index (χ0n) is 8.23. The molecule has 0 saturated carbocycles. The number of phenols is 1. The molecular weight excluding hydrogens is 178 g/mol. The molecule has 0 spiro atoms. The van der Waals surface area contributed by atoms with Crippen LogP contribution in [0.2, 0.25) is 0 Å². The number of methoxy groups -OCH3 is 1. The highest BCUT2D eigenvalue weighted by atomic mass is 16.5. The minimum atomic E-state index is 0.249. The number of ether oxygens (including phenoxy) is 1. The molecule has 0 radical (unpaired) electrons. The van der Waals surface area contributed by atoms with Crippen molar-refractivity contribution in [3.63, 3.8) is 0 Å². The Balaban J connectivity index is 2.83. The Hall–Kier alpha value is -1.48. The topological polar surface area (TPSA) is 55.5 Å². The normalized spacial score (nSPS) is 10.7. The van der Waals surface area contributed by atoms with E-state index in [9.17, 15) is 5.11 Å². The van der Waals surface area contributed by atoms with Crippen molar-refractivity contribution in [1.29, 1.82) is 0 Å². The second kappa shape index (κ2) is 5.29. The van der Waals surface area contributed by atoms with Gasteiger partial charge in [0.1, 0.15) is 11.5 Å². The Kier molecular flexibility index (Phi) is 4.01. The first-order chi connectivity index (χ1) is 6.77. The number of hydrogen-bond donors (Lipinski definition) is 2. The Bertz CT molecular complexity index is 321. The van der Waals surface area contributed by atoms with Gasteiger partial charge in [0.2, 0.25) is 0 Å². The fraction of sp³-hybridized carbons (Fsp3) is 0.273. The number of phenolic OH excluding ortho intramolecular Hbond substituents is 1. The van der Waals surface area contributed by atoms with Crippen LogP contribution in [0.1, 0.15) is 12.0 Å². The summed E-state index contributed by atoms with van der Waals surface area (Å²) in [6.07, 6.45) is 4.57. The molecule has 0 fully saturated rings. The molecule has 3 nitrogen and oxygen atoms in total. The van der Waals surface area contributed by atoms with Crippen LogP contribution in [-0.2, 0) is 0 Å². The highest BCUT2D eigenvalue weighted by molar-refractivity contribution is 5.59. The number of aromatic hydroxyl groups is 1. The maximum absolute atomic E-state index is 9.49. The molecule has 0 aliphatic carbocycles. The lowest BCUT2D eigenvalue weighted by Crippen LogP contribution is -1.95. The maximum atomic E-state index is 9.49. The Labute approximate surface area is 83.8 Å². The molecule has 0 aromatic heterocycles. The fourth-order valence-electron chi connectivity index (χ4n) is 1.10. The van der Waals surface area contributed by atoms with Gasteiger partial charge in [-0.3, -0.25) is 0 Å². The maximum Gasteiger partial charge on any atom is 0.123 e. The van der Waals surface area contributed by atoms with E-state index in [1.165, 1.54) is 0 Å². The molecule has 1 rings (SSSR count). The van der Waals surface area contributed by atoms with Gasteiger partial charge < -0.3 is 15.6 Å². The van der Waals surface area contributed by atoms with Crippen molar-refractivity contribution in [1.82, 2.24) is 0 Å².